The normalized spacial score (nSPS) is 11.9. The summed E-state index contributed by atoms with van der Waals surface area (Å²) in [5, 5.41) is -2.44. The van der Waals surface area contributed by atoms with Crippen molar-refractivity contribution in [3.8, 4) is 0 Å². The Hall–Kier alpha value is -0.830. The van der Waals surface area contributed by atoms with Crippen LogP contribution in [0.25, 0.3) is 0 Å². The highest BCUT2D eigenvalue weighted by molar-refractivity contribution is 6.30. The van der Waals surface area contributed by atoms with E-state index < -0.39 is 11.3 Å². The maximum Gasteiger partial charge on any atom is 0.332 e. The molecule has 0 N–H and O–H groups in total. The largest absolute Gasteiger partial charge is 0.332 e. The average molecular weight is 322 g/mol. The number of alkyl halides is 3. The van der Waals surface area contributed by atoms with Gasteiger partial charge in [-0.05, 0) is 47.0 Å². The van der Waals surface area contributed by atoms with Crippen LogP contribution in [0.2, 0.25) is 10.0 Å². The van der Waals surface area contributed by atoms with Gasteiger partial charge >= 0.3 is 5.38 Å². The van der Waals surface area contributed by atoms with Gasteiger partial charge in [0.1, 0.15) is 0 Å². The molecule has 0 fully saturated rings. The molecule has 0 aromatic heterocycles. The van der Waals surface area contributed by atoms with Crippen molar-refractivity contribution in [1.29, 1.82) is 0 Å². The topological polar surface area (TPSA) is 0 Å². The third-order valence-corrected chi connectivity index (χ3v) is 3.46. The van der Waals surface area contributed by atoms with Gasteiger partial charge in [-0.15, -0.1) is 0 Å². The highest BCUT2D eigenvalue weighted by Gasteiger charge is 2.39. The van der Waals surface area contributed by atoms with Crippen molar-refractivity contribution in [3.05, 3.63) is 69.7 Å². The van der Waals surface area contributed by atoms with Gasteiger partial charge in [-0.25, -0.2) is 0 Å². The fraction of sp³-hybridized carbons (Fsp3) is 0.143. The van der Waals surface area contributed by atoms with Gasteiger partial charge < -0.3 is 0 Å². The summed E-state index contributed by atoms with van der Waals surface area (Å²) in [7, 11) is 0. The molecule has 2 aromatic carbocycles. The van der Waals surface area contributed by atoms with Crippen LogP contribution in [0.4, 0.5) is 8.78 Å². The van der Waals surface area contributed by atoms with E-state index in [1.165, 1.54) is 24.3 Å². The predicted molar refractivity (Wildman–Crippen MR) is 75.5 cm³/mol. The average Bonchev–Trinajstić information content (AvgIpc) is 2.33. The van der Waals surface area contributed by atoms with Crippen LogP contribution >= 0.6 is 34.8 Å². The summed E-state index contributed by atoms with van der Waals surface area (Å²) >= 11 is 16.8. The van der Waals surface area contributed by atoms with Crippen LogP contribution in [0.3, 0.4) is 0 Å². The van der Waals surface area contributed by atoms with Crippen molar-refractivity contribution in [2.24, 2.45) is 0 Å². The van der Waals surface area contributed by atoms with Crippen molar-refractivity contribution in [1.82, 2.24) is 0 Å². The van der Waals surface area contributed by atoms with E-state index in [0.717, 1.165) is 0 Å². The Morgan fingerprint density at radius 1 is 0.737 bits per heavy atom. The summed E-state index contributed by atoms with van der Waals surface area (Å²) in [6, 6.07) is 12.4. The molecule has 100 valence electrons. The summed E-state index contributed by atoms with van der Waals surface area (Å²) in [6.07, 6.45) is 0. The van der Waals surface area contributed by atoms with Crippen LogP contribution in [0.15, 0.2) is 48.5 Å². The highest BCUT2D eigenvalue weighted by atomic mass is 35.5. The van der Waals surface area contributed by atoms with Crippen molar-refractivity contribution >= 4 is 34.8 Å². The first-order valence-electron chi connectivity index (χ1n) is 5.45. The molecule has 0 saturated heterocycles. The molecule has 0 aliphatic rings. The molecule has 19 heavy (non-hydrogen) atoms. The zero-order valence-electron chi connectivity index (χ0n) is 9.59. The molecule has 0 bridgehead atoms. The zero-order chi connectivity index (χ0) is 14.0. The third kappa shape index (κ3) is 3.59. The lowest BCUT2D eigenvalue weighted by Gasteiger charge is -2.22. The second kappa shape index (κ2) is 5.66. The molecule has 0 nitrogen and oxygen atoms in total. The van der Waals surface area contributed by atoms with Gasteiger partial charge in [0.15, 0.2) is 0 Å². The number of hydrogen-bond donors (Lipinski definition) is 0. The van der Waals surface area contributed by atoms with Crippen LogP contribution in [0.1, 0.15) is 17.0 Å². The van der Waals surface area contributed by atoms with E-state index in [2.05, 4.69) is 0 Å². The zero-order valence-corrected chi connectivity index (χ0v) is 11.9. The number of rotatable bonds is 3. The van der Waals surface area contributed by atoms with E-state index in [0.29, 0.717) is 21.2 Å². The van der Waals surface area contributed by atoms with Gasteiger partial charge in [0, 0.05) is 10.0 Å². The summed E-state index contributed by atoms with van der Waals surface area (Å²) in [5.74, 6) is -1.25. The molecule has 0 atom stereocenters. The Morgan fingerprint density at radius 3 is 1.32 bits per heavy atom. The van der Waals surface area contributed by atoms with E-state index in [-0.39, 0.29) is 0 Å². The molecule has 2 rings (SSSR count). The highest BCUT2D eigenvalue weighted by Crippen LogP contribution is 2.42. The first-order chi connectivity index (χ1) is 8.88. The van der Waals surface area contributed by atoms with E-state index in [1.807, 2.05) is 0 Å². The van der Waals surface area contributed by atoms with Crippen LogP contribution in [0.5, 0.6) is 0 Å². The number of hydrogen-bond acceptors (Lipinski definition) is 0. The molecule has 0 heterocycles. The Kier molecular flexibility index (Phi) is 4.34. The van der Waals surface area contributed by atoms with Gasteiger partial charge in [0.25, 0.3) is 0 Å². The van der Waals surface area contributed by atoms with Gasteiger partial charge in [-0.3, -0.25) is 0 Å². The molecule has 0 saturated carbocycles. The van der Waals surface area contributed by atoms with Crippen LogP contribution in [-0.4, -0.2) is 5.38 Å². The first-order valence-corrected chi connectivity index (χ1v) is 6.59. The molecule has 0 aliphatic carbocycles. The molecule has 0 radical (unpaired) electrons. The van der Waals surface area contributed by atoms with Gasteiger partial charge in [-0.1, -0.05) is 47.5 Å². The standard InChI is InChI=1S/C14H9Cl3F2/c15-11-5-1-9(2-6-11)13(14(17,18)19)10-3-7-12(16)8-4-10/h1-8,13H. The monoisotopic (exact) mass is 320 g/mol. The minimum absolute atomic E-state index is 0.395. The Balaban J connectivity index is 2.47. The van der Waals surface area contributed by atoms with Crippen molar-refractivity contribution in [2.75, 3.05) is 0 Å². The quantitative estimate of drug-likeness (QED) is 0.612. The molecule has 0 aliphatic heterocycles. The van der Waals surface area contributed by atoms with Crippen LogP contribution in [0, 0.1) is 0 Å². The smallest absolute Gasteiger partial charge is 0.187 e. The molecule has 5 heteroatoms. The minimum Gasteiger partial charge on any atom is -0.187 e. The van der Waals surface area contributed by atoms with Crippen molar-refractivity contribution in [3.63, 3.8) is 0 Å². The fourth-order valence-corrected chi connectivity index (χ4v) is 2.38. The number of benzene rings is 2. The SMILES string of the molecule is FC(F)(Cl)C(c1ccc(Cl)cc1)c1ccc(Cl)cc1. The molecule has 0 spiro atoms. The first kappa shape index (κ1) is 14.6. The van der Waals surface area contributed by atoms with E-state index in [1.54, 1.807) is 24.3 Å². The lowest BCUT2D eigenvalue weighted by molar-refractivity contribution is 0.0774. The molecular formula is C14H9Cl3F2. The summed E-state index contributed by atoms with van der Waals surface area (Å²) < 4.78 is 27.3. The van der Waals surface area contributed by atoms with Crippen LogP contribution in [-0.2, 0) is 0 Å². The second-order valence-corrected chi connectivity index (χ2v) is 5.45. The molecule has 0 amide bonds. The van der Waals surface area contributed by atoms with Gasteiger partial charge in [-0.2, -0.15) is 8.78 Å². The molecule has 2 aromatic rings. The Morgan fingerprint density at radius 2 is 1.05 bits per heavy atom. The van der Waals surface area contributed by atoms with Crippen molar-refractivity contribution < 1.29 is 8.78 Å². The third-order valence-electron chi connectivity index (χ3n) is 2.73. The lowest BCUT2D eigenvalue weighted by Crippen LogP contribution is -2.20. The van der Waals surface area contributed by atoms with Crippen molar-refractivity contribution in [2.45, 2.75) is 11.3 Å². The fourth-order valence-electron chi connectivity index (χ4n) is 1.88. The lowest BCUT2D eigenvalue weighted by atomic mass is 9.91. The maximum absolute atomic E-state index is 13.7. The Labute approximate surface area is 124 Å². The summed E-state index contributed by atoms with van der Waals surface area (Å²) in [6.45, 7) is 0. The minimum atomic E-state index is -3.40. The van der Waals surface area contributed by atoms with Crippen LogP contribution < -0.4 is 0 Å². The van der Waals surface area contributed by atoms with E-state index >= 15 is 0 Å². The molecule has 0 unspecified atom stereocenters. The maximum atomic E-state index is 13.7. The molecular weight excluding hydrogens is 313 g/mol. The summed E-state index contributed by atoms with van der Waals surface area (Å²) in [5.41, 5.74) is 0.790. The second-order valence-electron chi connectivity index (χ2n) is 4.08. The number of halogens is 5. The predicted octanol–water partition coefficient (Wildman–Crippen LogP) is 5.96. The van der Waals surface area contributed by atoms with E-state index in [9.17, 15) is 8.78 Å². The van der Waals surface area contributed by atoms with Gasteiger partial charge in [0.2, 0.25) is 0 Å². The van der Waals surface area contributed by atoms with Gasteiger partial charge in [0.05, 0.1) is 5.92 Å². The van der Waals surface area contributed by atoms with E-state index in [4.69, 9.17) is 34.8 Å². The summed E-state index contributed by atoms with van der Waals surface area (Å²) in [4.78, 5) is 0. The Bertz CT molecular complexity index is 499.